The van der Waals surface area contributed by atoms with E-state index in [2.05, 4.69) is 15.4 Å². The van der Waals surface area contributed by atoms with Crippen molar-refractivity contribution < 1.29 is 19.4 Å². The minimum Gasteiger partial charge on any atom is -0.465 e. The van der Waals surface area contributed by atoms with E-state index in [0.717, 1.165) is 0 Å². The van der Waals surface area contributed by atoms with Gasteiger partial charge in [0.05, 0.1) is 25.0 Å². The standard InChI is InChI=1S/C11H14N2O4/c1-17-10(15)8-4-2-3-5-9(8)13-11(16)12-6-7-14/h2-5,14H,6-7H2,1H3,(H2,12,13,16). The van der Waals surface area contributed by atoms with Gasteiger partial charge in [-0.25, -0.2) is 9.59 Å². The molecule has 1 aromatic carbocycles. The van der Waals surface area contributed by atoms with Gasteiger partial charge in [-0.05, 0) is 12.1 Å². The summed E-state index contributed by atoms with van der Waals surface area (Å²) in [6.45, 7) is -0.00169. The van der Waals surface area contributed by atoms with Crippen LogP contribution >= 0.6 is 0 Å². The lowest BCUT2D eigenvalue weighted by molar-refractivity contribution is 0.0602. The molecule has 2 amide bonds. The predicted octanol–water partition coefficient (Wildman–Crippen LogP) is 0.587. The fourth-order valence-corrected chi connectivity index (χ4v) is 1.22. The maximum Gasteiger partial charge on any atom is 0.339 e. The van der Waals surface area contributed by atoms with Crippen LogP contribution in [-0.2, 0) is 4.74 Å². The Morgan fingerprint density at radius 3 is 2.71 bits per heavy atom. The molecule has 3 N–H and O–H groups in total. The van der Waals surface area contributed by atoms with Gasteiger partial charge in [-0.1, -0.05) is 12.1 Å². The van der Waals surface area contributed by atoms with Gasteiger partial charge in [0, 0.05) is 6.54 Å². The second-order valence-electron chi connectivity index (χ2n) is 3.14. The summed E-state index contributed by atoms with van der Waals surface area (Å²) in [7, 11) is 1.27. The zero-order valence-corrected chi connectivity index (χ0v) is 9.40. The minimum absolute atomic E-state index is 0.145. The third kappa shape index (κ3) is 3.76. The second kappa shape index (κ2) is 6.49. The summed E-state index contributed by atoms with van der Waals surface area (Å²) in [4.78, 5) is 22.7. The molecule has 0 atom stereocenters. The number of urea groups is 1. The monoisotopic (exact) mass is 238 g/mol. The molecule has 0 saturated carbocycles. The number of anilines is 1. The first kappa shape index (κ1) is 13.0. The van der Waals surface area contributed by atoms with Gasteiger partial charge in [0.1, 0.15) is 0 Å². The van der Waals surface area contributed by atoms with Crippen molar-refractivity contribution in [2.45, 2.75) is 0 Å². The molecule has 6 nitrogen and oxygen atoms in total. The maximum atomic E-state index is 11.4. The lowest BCUT2D eigenvalue weighted by atomic mass is 10.2. The van der Waals surface area contributed by atoms with Crippen LogP contribution in [0.2, 0.25) is 0 Å². The van der Waals surface area contributed by atoms with E-state index in [1.54, 1.807) is 24.3 Å². The number of aliphatic hydroxyl groups excluding tert-OH is 1. The summed E-state index contributed by atoms with van der Waals surface area (Å²) in [6.07, 6.45) is 0. The van der Waals surface area contributed by atoms with Gasteiger partial charge >= 0.3 is 12.0 Å². The number of methoxy groups -OCH3 is 1. The Kier molecular flexibility index (Phi) is 4.96. The smallest absolute Gasteiger partial charge is 0.339 e. The number of rotatable bonds is 4. The molecule has 0 heterocycles. The Morgan fingerprint density at radius 1 is 1.35 bits per heavy atom. The van der Waals surface area contributed by atoms with Crippen LogP contribution in [-0.4, -0.2) is 37.4 Å². The summed E-state index contributed by atoms with van der Waals surface area (Å²) >= 11 is 0. The molecule has 1 aromatic rings. The molecule has 0 aliphatic rings. The normalized spacial score (nSPS) is 9.53. The molecule has 0 aliphatic heterocycles. The van der Waals surface area contributed by atoms with Crippen LogP contribution in [0, 0.1) is 0 Å². The first-order valence-electron chi connectivity index (χ1n) is 5.02. The predicted molar refractivity (Wildman–Crippen MR) is 61.9 cm³/mol. The number of hydrogen-bond donors (Lipinski definition) is 3. The molecule has 0 aliphatic carbocycles. The highest BCUT2D eigenvalue weighted by Crippen LogP contribution is 2.15. The number of carbonyl (C=O) groups is 2. The largest absolute Gasteiger partial charge is 0.465 e. The number of carbonyl (C=O) groups excluding carboxylic acids is 2. The molecule has 92 valence electrons. The van der Waals surface area contributed by atoms with E-state index in [0.29, 0.717) is 5.69 Å². The third-order valence-corrected chi connectivity index (χ3v) is 1.98. The quantitative estimate of drug-likeness (QED) is 0.670. The van der Waals surface area contributed by atoms with E-state index < -0.39 is 12.0 Å². The molecule has 0 fully saturated rings. The average Bonchev–Trinajstić information content (AvgIpc) is 2.36. The van der Waals surface area contributed by atoms with E-state index >= 15 is 0 Å². The van der Waals surface area contributed by atoms with Crippen molar-refractivity contribution >= 4 is 17.7 Å². The van der Waals surface area contributed by atoms with Gasteiger partial charge in [-0.15, -0.1) is 0 Å². The van der Waals surface area contributed by atoms with E-state index in [4.69, 9.17) is 5.11 Å². The molecule has 0 unspecified atom stereocenters. The number of nitrogens with one attached hydrogen (secondary N) is 2. The minimum atomic E-state index is -0.525. The molecule has 17 heavy (non-hydrogen) atoms. The molecule has 0 radical (unpaired) electrons. The highest BCUT2D eigenvalue weighted by Gasteiger charge is 2.12. The van der Waals surface area contributed by atoms with Crippen LogP contribution in [0.15, 0.2) is 24.3 Å². The van der Waals surface area contributed by atoms with Gasteiger partial charge < -0.3 is 20.5 Å². The highest BCUT2D eigenvalue weighted by atomic mass is 16.5. The molecule has 6 heteroatoms. The summed E-state index contributed by atoms with van der Waals surface area (Å²) < 4.78 is 4.59. The molecule has 0 spiro atoms. The zero-order chi connectivity index (χ0) is 12.7. The maximum absolute atomic E-state index is 11.4. The van der Waals surface area contributed by atoms with Crippen LogP contribution in [0.4, 0.5) is 10.5 Å². The van der Waals surface area contributed by atoms with Crippen LogP contribution < -0.4 is 10.6 Å². The first-order chi connectivity index (χ1) is 8.19. The Bertz CT molecular complexity index is 406. The molecule has 0 bridgehead atoms. The van der Waals surface area contributed by atoms with E-state index in [1.165, 1.54) is 7.11 Å². The Balaban J connectivity index is 2.76. The second-order valence-corrected chi connectivity index (χ2v) is 3.14. The summed E-state index contributed by atoms with van der Waals surface area (Å²) in [5, 5.41) is 13.5. The van der Waals surface area contributed by atoms with Gasteiger partial charge in [-0.3, -0.25) is 0 Å². The van der Waals surface area contributed by atoms with E-state index in [1.807, 2.05) is 0 Å². The molecular weight excluding hydrogens is 224 g/mol. The Labute approximate surface area is 98.6 Å². The lowest BCUT2D eigenvalue weighted by Crippen LogP contribution is -2.31. The lowest BCUT2D eigenvalue weighted by Gasteiger charge is -2.09. The van der Waals surface area contributed by atoms with Crippen molar-refractivity contribution in [3.8, 4) is 0 Å². The van der Waals surface area contributed by atoms with Crippen molar-refractivity contribution in [3.05, 3.63) is 29.8 Å². The van der Waals surface area contributed by atoms with Crippen molar-refractivity contribution in [1.29, 1.82) is 0 Å². The third-order valence-electron chi connectivity index (χ3n) is 1.98. The van der Waals surface area contributed by atoms with Gasteiger partial charge in [0.25, 0.3) is 0 Å². The molecule has 0 saturated heterocycles. The number of para-hydroxylation sites is 1. The summed E-state index contributed by atoms with van der Waals surface area (Å²) in [6, 6.07) is 6.01. The van der Waals surface area contributed by atoms with E-state index in [-0.39, 0.29) is 18.7 Å². The van der Waals surface area contributed by atoms with Crippen LogP contribution in [0.1, 0.15) is 10.4 Å². The van der Waals surface area contributed by atoms with Crippen molar-refractivity contribution in [1.82, 2.24) is 5.32 Å². The van der Waals surface area contributed by atoms with Crippen LogP contribution in [0.25, 0.3) is 0 Å². The van der Waals surface area contributed by atoms with Crippen LogP contribution in [0.3, 0.4) is 0 Å². The number of hydrogen-bond acceptors (Lipinski definition) is 4. The molecule has 1 rings (SSSR count). The topological polar surface area (TPSA) is 87.7 Å². The molecule has 0 aromatic heterocycles. The van der Waals surface area contributed by atoms with Gasteiger partial charge in [0.15, 0.2) is 0 Å². The van der Waals surface area contributed by atoms with Gasteiger partial charge in [0.2, 0.25) is 0 Å². The average molecular weight is 238 g/mol. The first-order valence-corrected chi connectivity index (χ1v) is 5.02. The summed E-state index contributed by atoms with van der Waals surface area (Å²) in [5.74, 6) is -0.525. The highest BCUT2D eigenvalue weighted by molar-refractivity contribution is 6.00. The number of amides is 2. The fourth-order valence-electron chi connectivity index (χ4n) is 1.22. The van der Waals surface area contributed by atoms with Crippen molar-refractivity contribution in [2.75, 3.05) is 25.6 Å². The SMILES string of the molecule is COC(=O)c1ccccc1NC(=O)NCCO. The number of benzene rings is 1. The number of aliphatic hydroxyl groups is 1. The zero-order valence-electron chi connectivity index (χ0n) is 9.40. The van der Waals surface area contributed by atoms with Gasteiger partial charge in [-0.2, -0.15) is 0 Å². The number of esters is 1. The van der Waals surface area contributed by atoms with Crippen molar-refractivity contribution in [2.24, 2.45) is 0 Å². The number of ether oxygens (including phenoxy) is 1. The molecular formula is C11H14N2O4. The Hall–Kier alpha value is -2.08. The Morgan fingerprint density at radius 2 is 2.06 bits per heavy atom. The van der Waals surface area contributed by atoms with E-state index in [9.17, 15) is 9.59 Å². The van der Waals surface area contributed by atoms with Crippen LogP contribution in [0.5, 0.6) is 0 Å². The fraction of sp³-hybridized carbons (Fsp3) is 0.273. The summed E-state index contributed by atoms with van der Waals surface area (Å²) in [5.41, 5.74) is 0.629. The van der Waals surface area contributed by atoms with Crippen molar-refractivity contribution in [3.63, 3.8) is 0 Å².